The summed E-state index contributed by atoms with van der Waals surface area (Å²) in [5.74, 6) is 5.62. The smallest absolute Gasteiger partial charge is 0.330 e. The fourth-order valence-corrected chi connectivity index (χ4v) is 6.31. The zero-order chi connectivity index (χ0) is 16.1. The molecule has 1 aromatic carbocycles. The maximum absolute atomic E-state index is 12.0. The number of rotatable bonds is 4. The average Bonchev–Trinajstić information content (AvgIpc) is 3.37. The van der Waals surface area contributed by atoms with Crippen molar-refractivity contribution in [3.8, 4) is 0 Å². The van der Waals surface area contributed by atoms with Gasteiger partial charge in [-0.25, -0.2) is 4.79 Å². The van der Waals surface area contributed by atoms with E-state index in [1.807, 2.05) is 36.4 Å². The highest BCUT2D eigenvalue weighted by Crippen LogP contribution is 2.66. The predicted molar refractivity (Wildman–Crippen MR) is 93.9 cm³/mol. The highest BCUT2D eigenvalue weighted by Gasteiger charge is 2.60. The van der Waals surface area contributed by atoms with Gasteiger partial charge in [0.1, 0.15) is 0 Å². The lowest BCUT2D eigenvalue weighted by Crippen LogP contribution is -2.33. The molecule has 0 aromatic heterocycles. The van der Waals surface area contributed by atoms with E-state index in [2.05, 4.69) is 12.2 Å². The van der Waals surface area contributed by atoms with E-state index in [1.54, 1.807) is 6.08 Å². The van der Waals surface area contributed by atoms with Crippen molar-refractivity contribution in [2.45, 2.75) is 19.3 Å². The summed E-state index contributed by atoms with van der Waals surface area (Å²) in [6.07, 6.45) is 12.4. The standard InChI is InChI=1S/C22H24O2/c23-20(9-6-14-4-2-1-3-5-14)24-13-18-11-17-12-19(18)22-16-8-7-15(10-16)21(17)22/h1-9,15-19,21-22H,10-13H2/b9-6+. The summed E-state index contributed by atoms with van der Waals surface area (Å²) in [5, 5.41) is 0. The Morgan fingerprint density at radius 3 is 2.67 bits per heavy atom. The predicted octanol–water partition coefficient (Wildman–Crippen LogP) is 4.34. The third-order valence-corrected chi connectivity index (χ3v) is 7.06. The summed E-state index contributed by atoms with van der Waals surface area (Å²) in [6, 6.07) is 9.90. The van der Waals surface area contributed by atoms with Gasteiger partial charge in [-0.2, -0.15) is 0 Å². The Bertz CT molecular complexity index is 689. The molecule has 5 rings (SSSR count). The van der Waals surface area contributed by atoms with Crippen molar-refractivity contribution in [1.29, 1.82) is 0 Å². The van der Waals surface area contributed by atoms with Crippen LogP contribution in [0.25, 0.3) is 6.08 Å². The number of fused-ring (bicyclic) bond motifs is 9. The summed E-state index contributed by atoms with van der Waals surface area (Å²) < 4.78 is 5.59. The SMILES string of the molecule is O=C(/C=C/c1ccccc1)OCC1CC2CC1C1C3C=CC(C3)C21. The van der Waals surface area contributed by atoms with Crippen LogP contribution in [0.15, 0.2) is 48.6 Å². The Morgan fingerprint density at radius 1 is 1.04 bits per heavy atom. The largest absolute Gasteiger partial charge is 0.462 e. The van der Waals surface area contributed by atoms with Crippen molar-refractivity contribution in [3.05, 3.63) is 54.1 Å². The molecule has 4 aliphatic carbocycles. The minimum Gasteiger partial charge on any atom is -0.462 e. The quantitative estimate of drug-likeness (QED) is 0.357. The summed E-state index contributed by atoms with van der Waals surface area (Å²) in [4.78, 5) is 12.0. The molecule has 24 heavy (non-hydrogen) atoms. The van der Waals surface area contributed by atoms with Crippen LogP contribution in [0.3, 0.4) is 0 Å². The molecule has 0 saturated heterocycles. The molecule has 0 radical (unpaired) electrons. The van der Waals surface area contributed by atoms with Crippen LogP contribution in [-0.2, 0) is 9.53 Å². The second-order valence-electron chi connectivity index (χ2n) is 8.13. The molecule has 0 amide bonds. The van der Waals surface area contributed by atoms with E-state index in [1.165, 1.54) is 19.3 Å². The lowest BCUT2D eigenvalue weighted by Gasteiger charge is -2.36. The molecule has 124 valence electrons. The van der Waals surface area contributed by atoms with Gasteiger partial charge in [0.25, 0.3) is 0 Å². The van der Waals surface area contributed by atoms with Crippen LogP contribution in [0.5, 0.6) is 0 Å². The average molecular weight is 320 g/mol. The van der Waals surface area contributed by atoms with E-state index in [0.717, 1.165) is 41.1 Å². The fraction of sp³-hybridized carbons (Fsp3) is 0.500. The van der Waals surface area contributed by atoms with E-state index in [-0.39, 0.29) is 5.97 Å². The van der Waals surface area contributed by atoms with Crippen LogP contribution >= 0.6 is 0 Å². The number of hydrogen-bond donors (Lipinski definition) is 0. The molecule has 0 N–H and O–H groups in total. The Labute approximate surface area is 143 Å². The van der Waals surface area contributed by atoms with Gasteiger partial charge in [0.15, 0.2) is 0 Å². The third-order valence-electron chi connectivity index (χ3n) is 7.06. The Kier molecular flexibility index (Phi) is 3.39. The zero-order valence-corrected chi connectivity index (χ0v) is 13.9. The third kappa shape index (κ3) is 2.27. The van der Waals surface area contributed by atoms with E-state index in [0.29, 0.717) is 12.5 Å². The molecule has 3 fully saturated rings. The Morgan fingerprint density at radius 2 is 1.83 bits per heavy atom. The second kappa shape index (κ2) is 5.61. The van der Waals surface area contributed by atoms with Crippen molar-refractivity contribution in [2.24, 2.45) is 41.4 Å². The first kappa shape index (κ1) is 14.5. The van der Waals surface area contributed by atoms with Crippen molar-refractivity contribution in [1.82, 2.24) is 0 Å². The molecule has 2 heteroatoms. The van der Waals surface area contributed by atoms with Crippen molar-refractivity contribution in [3.63, 3.8) is 0 Å². The van der Waals surface area contributed by atoms with Gasteiger partial charge >= 0.3 is 5.97 Å². The number of benzene rings is 1. The van der Waals surface area contributed by atoms with E-state index >= 15 is 0 Å². The van der Waals surface area contributed by atoms with Gasteiger partial charge in [0.05, 0.1) is 6.61 Å². The number of esters is 1. The number of ether oxygens (including phenoxy) is 1. The summed E-state index contributed by atoms with van der Waals surface area (Å²) in [5.41, 5.74) is 1.03. The minimum atomic E-state index is -0.203. The highest BCUT2D eigenvalue weighted by molar-refractivity contribution is 5.87. The maximum Gasteiger partial charge on any atom is 0.330 e. The van der Waals surface area contributed by atoms with E-state index in [9.17, 15) is 4.79 Å². The molecular weight excluding hydrogens is 296 g/mol. The first-order valence-corrected chi connectivity index (χ1v) is 9.38. The monoisotopic (exact) mass is 320 g/mol. The molecule has 1 aromatic rings. The first-order valence-electron chi connectivity index (χ1n) is 9.38. The maximum atomic E-state index is 12.0. The van der Waals surface area contributed by atoms with Crippen LogP contribution in [0.1, 0.15) is 24.8 Å². The van der Waals surface area contributed by atoms with Crippen LogP contribution < -0.4 is 0 Å². The lowest BCUT2D eigenvalue weighted by atomic mass is 9.69. The number of allylic oxidation sites excluding steroid dienone is 2. The number of hydrogen-bond acceptors (Lipinski definition) is 2. The van der Waals surface area contributed by atoms with Crippen molar-refractivity contribution < 1.29 is 9.53 Å². The zero-order valence-electron chi connectivity index (χ0n) is 13.9. The number of carbonyl (C=O) groups excluding carboxylic acids is 1. The van der Waals surface area contributed by atoms with Crippen LogP contribution in [-0.4, -0.2) is 12.6 Å². The summed E-state index contributed by atoms with van der Waals surface area (Å²) in [6.45, 7) is 0.615. The first-order chi connectivity index (χ1) is 11.8. The van der Waals surface area contributed by atoms with Gasteiger partial charge in [-0.05, 0) is 72.3 Å². The molecular formula is C22H24O2. The summed E-state index contributed by atoms with van der Waals surface area (Å²) in [7, 11) is 0. The van der Waals surface area contributed by atoms with Crippen LogP contribution in [0.4, 0.5) is 0 Å². The van der Waals surface area contributed by atoms with Gasteiger partial charge in [0.2, 0.25) is 0 Å². The number of carbonyl (C=O) groups is 1. The van der Waals surface area contributed by atoms with Gasteiger partial charge in [0, 0.05) is 6.08 Å². The second-order valence-corrected chi connectivity index (χ2v) is 8.13. The highest BCUT2D eigenvalue weighted by atomic mass is 16.5. The molecule has 3 saturated carbocycles. The minimum absolute atomic E-state index is 0.203. The van der Waals surface area contributed by atoms with Crippen molar-refractivity contribution >= 4 is 12.0 Å². The van der Waals surface area contributed by atoms with Crippen molar-refractivity contribution in [2.75, 3.05) is 6.61 Å². The Balaban J connectivity index is 1.18. The normalized spacial score (nSPS) is 41.2. The van der Waals surface area contributed by atoms with Gasteiger partial charge in [-0.3, -0.25) is 0 Å². The lowest BCUT2D eigenvalue weighted by molar-refractivity contribution is -0.140. The van der Waals surface area contributed by atoms with Crippen LogP contribution in [0.2, 0.25) is 0 Å². The molecule has 4 bridgehead atoms. The van der Waals surface area contributed by atoms with Gasteiger partial charge < -0.3 is 4.74 Å². The summed E-state index contributed by atoms with van der Waals surface area (Å²) >= 11 is 0. The van der Waals surface area contributed by atoms with E-state index < -0.39 is 0 Å². The van der Waals surface area contributed by atoms with Gasteiger partial charge in [-0.1, -0.05) is 42.5 Å². The molecule has 0 heterocycles. The fourth-order valence-electron chi connectivity index (χ4n) is 6.31. The van der Waals surface area contributed by atoms with Gasteiger partial charge in [-0.15, -0.1) is 0 Å². The van der Waals surface area contributed by atoms with Crippen LogP contribution in [0, 0.1) is 41.4 Å². The molecule has 4 aliphatic rings. The topological polar surface area (TPSA) is 26.3 Å². The molecule has 0 aliphatic heterocycles. The molecule has 7 unspecified atom stereocenters. The van der Waals surface area contributed by atoms with E-state index in [4.69, 9.17) is 4.74 Å². The Hall–Kier alpha value is -1.83. The molecule has 0 spiro atoms. The molecule has 2 nitrogen and oxygen atoms in total. The molecule has 7 atom stereocenters.